The Morgan fingerprint density at radius 3 is 2.47 bits per heavy atom. The lowest BCUT2D eigenvalue weighted by Gasteiger charge is -2.19. The van der Waals surface area contributed by atoms with Gasteiger partial charge in [0.1, 0.15) is 16.7 Å². The van der Waals surface area contributed by atoms with Crippen molar-refractivity contribution in [3.63, 3.8) is 0 Å². The van der Waals surface area contributed by atoms with Crippen LogP contribution < -0.4 is 10.2 Å². The summed E-state index contributed by atoms with van der Waals surface area (Å²) < 4.78 is 0. The monoisotopic (exact) mass is 535 g/mol. The van der Waals surface area contributed by atoms with Crippen LogP contribution in [0.15, 0.2) is 83.4 Å². The van der Waals surface area contributed by atoms with Gasteiger partial charge in [-0.25, -0.2) is 0 Å². The van der Waals surface area contributed by atoms with Crippen molar-refractivity contribution in [3.05, 3.63) is 110 Å². The topological polar surface area (TPSA) is 73.2 Å². The molecule has 0 saturated carbocycles. The van der Waals surface area contributed by atoms with Crippen LogP contribution in [0.25, 0.3) is 0 Å². The number of rotatable bonds is 7. The molecule has 0 radical (unpaired) electrons. The lowest BCUT2D eigenvalue weighted by atomic mass is 10.1. The zero-order valence-electron chi connectivity index (χ0n) is 19.5. The Morgan fingerprint density at radius 2 is 1.81 bits per heavy atom. The predicted octanol–water partition coefficient (Wildman–Crippen LogP) is 6.09. The van der Waals surface area contributed by atoms with E-state index in [1.165, 1.54) is 16.7 Å². The largest absolute Gasteiger partial charge is 0.351 e. The first-order valence-electron chi connectivity index (χ1n) is 11.3. The second kappa shape index (κ2) is 11.7. The van der Waals surface area contributed by atoms with E-state index in [4.69, 9.17) is 23.2 Å². The Labute approximate surface area is 224 Å². The quantitative estimate of drug-likeness (QED) is 0.293. The molecule has 4 rings (SSSR count). The van der Waals surface area contributed by atoms with Gasteiger partial charge in [0, 0.05) is 22.3 Å². The molecule has 36 heavy (non-hydrogen) atoms. The highest BCUT2D eigenvalue weighted by atomic mass is 35.5. The number of benzene rings is 3. The molecule has 0 aromatic heterocycles. The van der Waals surface area contributed by atoms with Crippen LogP contribution in [0.4, 0.5) is 5.69 Å². The first kappa shape index (κ1) is 25.8. The molecular formula is C28H23Cl2N3O2S. The van der Waals surface area contributed by atoms with Gasteiger partial charge in [-0.15, -0.1) is 0 Å². The lowest BCUT2D eigenvalue weighted by molar-refractivity contribution is -0.117. The third kappa shape index (κ3) is 5.93. The Morgan fingerprint density at radius 1 is 1.08 bits per heavy atom. The van der Waals surface area contributed by atoms with E-state index in [0.717, 1.165) is 16.7 Å². The summed E-state index contributed by atoms with van der Waals surface area (Å²) in [6, 6.07) is 24.4. The summed E-state index contributed by atoms with van der Waals surface area (Å²) >= 11 is 13.6. The van der Waals surface area contributed by atoms with Gasteiger partial charge in [0.15, 0.2) is 0 Å². The number of anilines is 1. The molecule has 5 nitrogen and oxygen atoms in total. The number of hydrogen-bond acceptors (Lipinski definition) is 4. The minimum absolute atomic E-state index is 0.0910. The molecule has 0 aliphatic carbocycles. The van der Waals surface area contributed by atoms with Crippen molar-refractivity contribution in [3.8, 4) is 6.07 Å². The summed E-state index contributed by atoms with van der Waals surface area (Å²) in [6.07, 6.45) is 0.964. The molecule has 1 fully saturated rings. The van der Waals surface area contributed by atoms with E-state index in [9.17, 15) is 14.9 Å². The summed E-state index contributed by atoms with van der Waals surface area (Å²) in [5.74, 6) is -0.722. The molecule has 0 bridgehead atoms. The number of nitrogens with one attached hydrogen (secondary N) is 1. The van der Waals surface area contributed by atoms with Crippen molar-refractivity contribution in [2.45, 2.75) is 25.0 Å². The molecule has 1 saturated heterocycles. The number of amides is 2. The standard InChI is InChI=1S/C28H23Cl2N3O2S/c1-18-7-11-22(12-8-18)33-27(35)25(15-20-9-10-21(29)16-24(20)30)36-28(33)23(17-31)26(34)32-14-13-19-5-3-2-4-6-19/h2-12,16,25H,13-15H2,1H3,(H,32,34)/b28-23-. The van der Waals surface area contributed by atoms with Crippen molar-refractivity contribution in [2.75, 3.05) is 11.4 Å². The molecule has 3 aromatic rings. The van der Waals surface area contributed by atoms with E-state index in [1.807, 2.05) is 67.6 Å². The third-order valence-corrected chi connectivity index (χ3v) is 7.61. The van der Waals surface area contributed by atoms with E-state index < -0.39 is 11.2 Å². The number of carbonyl (C=O) groups is 2. The summed E-state index contributed by atoms with van der Waals surface area (Å²) in [5.41, 5.74) is 3.39. The Hall–Kier alpha value is -3.24. The maximum atomic E-state index is 13.6. The van der Waals surface area contributed by atoms with Crippen molar-refractivity contribution in [1.82, 2.24) is 5.32 Å². The molecule has 0 spiro atoms. The Balaban J connectivity index is 1.63. The second-order valence-electron chi connectivity index (χ2n) is 8.34. The number of nitrogens with zero attached hydrogens (tertiary/aromatic N) is 2. The van der Waals surface area contributed by atoms with Gasteiger partial charge in [0.2, 0.25) is 5.91 Å². The SMILES string of the molecule is Cc1ccc(N2C(=O)C(Cc3ccc(Cl)cc3Cl)S/C2=C(/C#N)C(=O)NCCc2ccccc2)cc1. The van der Waals surface area contributed by atoms with Crippen LogP contribution in [-0.2, 0) is 22.4 Å². The predicted molar refractivity (Wildman–Crippen MR) is 146 cm³/mol. The highest BCUT2D eigenvalue weighted by Crippen LogP contribution is 2.42. The van der Waals surface area contributed by atoms with E-state index in [0.29, 0.717) is 40.1 Å². The fraction of sp³-hybridized carbons (Fsp3) is 0.179. The Bertz CT molecular complexity index is 1350. The first-order valence-corrected chi connectivity index (χ1v) is 13.0. The van der Waals surface area contributed by atoms with Crippen LogP contribution in [0.3, 0.4) is 0 Å². The van der Waals surface area contributed by atoms with Crippen LogP contribution in [0.1, 0.15) is 16.7 Å². The number of thioether (sulfide) groups is 1. The summed E-state index contributed by atoms with van der Waals surface area (Å²) in [6.45, 7) is 2.32. The summed E-state index contributed by atoms with van der Waals surface area (Å²) in [4.78, 5) is 28.1. The van der Waals surface area contributed by atoms with Crippen LogP contribution in [-0.4, -0.2) is 23.6 Å². The smallest absolute Gasteiger partial charge is 0.264 e. The highest BCUT2D eigenvalue weighted by molar-refractivity contribution is 8.05. The lowest BCUT2D eigenvalue weighted by Crippen LogP contribution is -2.32. The van der Waals surface area contributed by atoms with Crippen LogP contribution in [0.2, 0.25) is 10.0 Å². The fourth-order valence-corrected chi connectivity index (χ4v) is 5.64. The summed E-state index contributed by atoms with van der Waals surface area (Å²) in [5, 5.41) is 13.5. The number of carbonyl (C=O) groups excluding carboxylic acids is 2. The molecule has 1 heterocycles. The number of aryl methyl sites for hydroxylation is 1. The molecule has 8 heteroatoms. The van der Waals surface area contributed by atoms with Gasteiger partial charge in [-0.05, 0) is 55.2 Å². The van der Waals surface area contributed by atoms with E-state index >= 15 is 0 Å². The first-order chi connectivity index (χ1) is 17.4. The van der Waals surface area contributed by atoms with Gasteiger partial charge in [-0.3, -0.25) is 14.5 Å². The van der Waals surface area contributed by atoms with Gasteiger partial charge in [-0.1, -0.05) is 89.1 Å². The van der Waals surface area contributed by atoms with Gasteiger partial charge < -0.3 is 5.32 Å². The summed E-state index contributed by atoms with van der Waals surface area (Å²) in [7, 11) is 0. The minimum atomic E-state index is -0.555. The van der Waals surface area contributed by atoms with Crippen molar-refractivity contribution < 1.29 is 9.59 Å². The molecule has 182 valence electrons. The maximum Gasteiger partial charge on any atom is 0.264 e. The van der Waals surface area contributed by atoms with Gasteiger partial charge >= 0.3 is 0 Å². The second-order valence-corrected chi connectivity index (χ2v) is 10.4. The average molecular weight is 536 g/mol. The number of hydrogen-bond donors (Lipinski definition) is 1. The van der Waals surface area contributed by atoms with E-state index in [2.05, 4.69) is 5.32 Å². The normalized spacial score (nSPS) is 16.6. The van der Waals surface area contributed by atoms with Gasteiger partial charge in [-0.2, -0.15) is 5.26 Å². The molecule has 3 aromatic carbocycles. The zero-order chi connectivity index (χ0) is 25.7. The fourth-order valence-electron chi connectivity index (χ4n) is 3.86. The molecule has 1 atom stereocenters. The minimum Gasteiger partial charge on any atom is -0.351 e. The highest BCUT2D eigenvalue weighted by Gasteiger charge is 2.41. The molecule has 1 aliphatic rings. The van der Waals surface area contributed by atoms with Gasteiger partial charge in [0.25, 0.3) is 5.91 Å². The third-order valence-electron chi connectivity index (χ3n) is 5.76. The van der Waals surface area contributed by atoms with Crippen LogP contribution >= 0.6 is 35.0 Å². The van der Waals surface area contributed by atoms with Gasteiger partial charge in [0.05, 0.1) is 5.25 Å². The van der Waals surface area contributed by atoms with Crippen molar-refractivity contribution in [2.24, 2.45) is 0 Å². The molecular weight excluding hydrogens is 513 g/mol. The van der Waals surface area contributed by atoms with E-state index in [-0.39, 0.29) is 11.5 Å². The number of nitriles is 1. The molecule has 2 amide bonds. The average Bonchev–Trinajstić information content (AvgIpc) is 3.18. The van der Waals surface area contributed by atoms with Crippen molar-refractivity contribution in [1.29, 1.82) is 5.26 Å². The molecule has 1 unspecified atom stereocenters. The Kier molecular flexibility index (Phi) is 8.37. The number of halogens is 2. The molecule has 1 N–H and O–H groups in total. The van der Waals surface area contributed by atoms with E-state index in [1.54, 1.807) is 18.2 Å². The molecule has 1 aliphatic heterocycles. The van der Waals surface area contributed by atoms with Crippen LogP contribution in [0.5, 0.6) is 0 Å². The van der Waals surface area contributed by atoms with Crippen molar-refractivity contribution >= 4 is 52.5 Å². The van der Waals surface area contributed by atoms with Crippen LogP contribution in [0, 0.1) is 18.3 Å². The maximum absolute atomic E-state index is 13.6. The zero-order valence-corrected chi connectivity index (χ0v) is 21.8.